The van der Waals surface area contributed by atoms with E-state index in [4.69, 9.17) is 0 Å². The van der Waals surface area contributed by atoms with Crippen LogP contribution >= 0.6 is 0 Å². The first kappa shape index (κ1) is 18.4. The second-order valence-electron chi connectivity index (χ2n) is 6.67. The van der Waals surface area contributed by atoms with Crippen LogP contribution in [-0.4, -0.2) is 28.4 Å². The molecule has 0 saturated carbocycles. The molecule has 1 atom stereocenters. The SMILES string of the molecule is CCCC/C(C1=NC(C)(C(C)C)C(=O)N1)=C(\C(=O)O)C(C)C. The van der Waals surface area contributed by atoms with E-state index >= 15 is 0 Å². The Morgan fingerprint density at radius 1 is 1.32 bits per heavy atom. The number of carbonyl (C=O) groups is 2. The van der Waals surface area contributed by atoms with Gasteiger partial charge in [0.1, 0.15) is 11.4 Å². The van der Waals surface area contributed by atoms with E-state index in [1.165, 1.54) is 0 Å². The van der Waals surface area contributed by atoms with Crippen molar-refractivity contribution < 1.29 is 14.7 Å². The number of aliphatic imine (C=N–C) groups is 1. The molecule has 0 saturated heterocycles. The Labute approximate surface area is 132 Å². The number of rotatable bonds is 7. The van der Waals surface area contributed by atoms with Gasteiger partial charge < -0.3 is 10.4 Å². The minimum Gasteiger partial charge on any atom is -0.478 e. The fraction of sp³-hybridized carbons (Fsp3) is 0.706. The molecule has 1 unspecified atom stereocenters. The highest BCUT2D eigenvalue weighted by atomic mass is 16.4. The van der Waals surface area contributed by atoms with Crippen molar-refractivity contribution in [3.05, 3.63) is 11.1 Å². The second kappa shape index (κ2) is 7.07. The van der Waals surface area contributed by atoms with Gasteiger partial charge in [-0.3, -0.25) is 9.79 Å². The van der Waals surface area contributed by atoms with Crippen molar-refractivity contribution in [3.8, 4) is 0 Å². The Kier molecular flexibility index (Phi) is 5.92. The van der Waals surface area contributed by atoms with Gasteiger partial charge in [-0.15, -0.1) is 0 Å². The standard InChI is InChI=1S/C17H28N2O3/c1-7-8-9-12(13(10(2)3)15(20)21)14-18-16(22)17(6,19-14)11(4)5/h10-11H,7-9H2,1-6H3,(H,20,21)(H,18,19,22)/b13-12+. The fourth-order valence-electron chi connectivity index (χ4n) is 2.54. The summed E-state index contributed by atoms with van der Waals surface area (Å²) in [6.07, 6.45) is 2.44. The van der Waals surface area contributed by atoms with Crippen molar-refractivity contribution in [2.24, 2.45) is 16.8 Å². The topological polar surface area (TPSA) is 78.8 Å². The summed E-state index contributed by atoms with van der Waals surface area (Å²) in [5, 5.41) is 12.4. The number of carbonyl (C=O) groups excluding carboxylic acids is 1. The molecule has 0 radical (unpaired) electrons. The van der Waals surface area contributed by atoms with Crippen LogP contribution in [0.3, 0.4) is 0 Å². The first-order chi connectivity index (χ1) is 10.1. The molecule has 0 aromatic rings. The molecule has 0 fully saturated rings. The summed E-state index contributed by atoms with van der Waals surface area (Å²) in [4.78, 5) is 28.5. The monoisotopic (exact) mass is 308 g/mol. The highest BCUT2D eigenvalue weighted by molar-refractivity contribution is 6.17. The zero-order valence-electron chi connectivity index (χ0n) is 14.5. The van der Waals surface area contributed by atoms with E-state index < -0.39 is 11.5 Å². The summed E-state index contributed by atoms with van der Waals surface area (Å²) in [6.45, 7) is 11.5. The first-order valence-electron chi connectivity index (χ1n) is 8.03. The van der Waals surface area contributed by atoms with Crippen molar-refractivity contribution in [1.29, 1.82) is 0 Å². The zero-order chi connectivity index (χ0) is 17.1. The average Bonchev–Trinajstić information content (AvgIpc) is 2.70. The molecular formula is C17H28N2O3. The largest absolute Gasteiger partial charge is 0.478 e. The summed E-state index contributed by atoms with van der Waals surface area (Å²) >= 11 is 0. The number of aliphatic carboxylic acids is 1. The molecule has 124 valence electrons. The van der Waals surface area contributed by atoms with Crippen LogP contribution in [0.2, 0.25) is 0 Å². The molecule has 1 aliphatic rings. The highest BCUT2D eigenvalue weighted by Gasteiger charge is 2.43. The normalized spacial score (nSPS) is 22.7. The third kappa shape index (κ3) is 3.57. The van der Waals surface area contributed by atoms with E-state index in [9.17, 15) is 14.7 Å². The summed E-state index contributed by atoms with van der Waals surface area (Å²) < 4.78 is 0. The van der Waals surface area contributed by atoms with Gasteiger partial charge >= 0.3 is 5.97 Å². The lowest BCUT2D eigenvalue weighted by Crippen LogP contribution is -2.41. The van der Waals surface area contributed by atoms with Gasteiger partial charge in [0.15, 0.2) is 0 Å². The fourth-order valence-corrected chi connectivity index (χ4v) is 2.54. The van der Waals surface area contributed by atoms with Crippen molar-refractivity contribution in [2.45, 2.75) is 66.3 Å². The Morgan fingerprint density at radius 2 is 1.91 bits per heavy atom. The molecule has 0 aromatic heterocycles. The maximum atomic E-state index is 12.3. The molecular weight excluding hydrogens is 280 g/mol. The summed E-state index contributed by atoms with van der Waals surface area (Å²) in [5.74, 6) is -0.725. The third-order valence-corrected chi connectivity index (χ3v) is 4.36. The van der Waals surface area contributed by atoms with E-state index in [0.29, 0.717) is 23.4 Å². The minimum absolute atomic E-state index is 0.0461. The van der Waals surface area contributed by atoms with Gasteiger partial charge in [0.05, 0.1) is 0 Å². The quantitative estimate of drug-likeness (QED) is 0.709. The Hall–Kier alpha value is -1.65. The zero-order valence-corrected chi connectivity index (χ0v) is 14.5. The van der Waals surface area contributed by atoms with Crippen LogP contribution in [0.4, 0.5) is 0 Å². The molecule has 2 N–H and O–H groups in total. The number of carboxylic acid groups (broad SMARTS) is 1. The molecule has 1 amide bonds. The van der Waals surface area contributed by atoms with Crippen LogP contribution in [0.25, 0.3) is 0 Å². The molecule has 0 bridgehead atoms. The van der Waals surface area contributed by atoms with Crippen LogP contribution in [0.15, 0.2) is 16.1 Å². The average molecular weight is 308 g/mol. The molecule has 1 aliphatic heterocycles. The lowest BCUT2D eigenvalue weighted by atomic mass is 9.89. The number of carboxylic acids is 1. The molecule has 22 heavy (non-hydrogen) atoms. The molecule has 1 rings (SSSR count). The molecule has 1 heterocycles. The predicted molar refractivity (Wildman–Crippen MR) is 87.8 cm³/mol. The van der Waals surface area contributed by atoms with Crippen molar-refractivity contribution in [3.63, 3.8) is 0 Å². The van der Waals surface area contributed by atoms with Gasteiger partial charge in [-0.25, -0.2) is 4.79 Å². The Balaban J connectivity index is 3.39. The summed E-state index contributed by atoms with van der Waals surface area (Å²) in [7, 11) is 0. The summed E-state index contributed by atoms with van der Waals surface area (Å²) in [5.41, 5.74) is 0.190. The number of hydrogen-bond donors (Lipinski definition) is 2. The van der Waals surface area contributed by atoms with Crippen LogP contribution in [-0.2, 0) is 9.59 Å². The van der Waals surface area contributed by atoms with E-state index in [-0.39, 0.29) is 17.7 Å². The molecule has 0 aromatic carbocycles. The smallest absolute Gasteiger partial charge is 0.332 e. The number of hydrogen-bond acceptors (Lipinski definition) is 3. The maximum absolute atomic E-state index is 12.3. The number of amides is 1. The van der Waals surface area contributed by atoms with Crippen molar-refractivity contribution >= 4 is 17.7 Å². The van der Waals surface area contributed by atoms with E-state index in [1.807, 2.05) is 27.7 Å². The first-order valence-corrected chi connectivity index (χ1v) is 8.03. The van der Waals surface area contributed by atoms with E-state index in [1.54, 1.807) is 6.92 Å². The van der Waals surface area contributed by atoms with Crippen molar-refractivity contribution in [2.75, 3.05) is 0 Å². The third-order valence-electron chi connectivity index (χ3n) is 4.36. The number of nitrogens with one attached hydrogen (secondary N) is 1. The Morgan fingerprint density at radius 3 is 2.27 bits per heavy atom. The number of amidine groups is 1. The van der Waals surface area contributed by atoms with Gasteiger partial charge in [-0.05, 0) is 31.6 Å². The Bertz CT molecular complexity index is 518. The minimum atomic E-state index is -0.934. The van der Waals surface area contributed by atoms with Crippen LogP contribution in [0.1, 0.15) is 60.8 Å². The summed E-state index contributed by atoms with van der Waals surface area (Å²) in [6, 6.07) is 0. The lowest BCUT2D eigenvalue weighted by molar-refractivity contribution is -0.133. The van der Waals surface area contributed by atoms with Crippen molar-refractivity contribution in [1.82, 2.24) is 5.32 Å². The maximum Gasteiger partial charge on any atom is 0.332 e. The van der Waals surface area contributed by atoms with Gasteiger partial charge in [0.25, 0.3) is 5.91 Å². The predicted octanol–water partition coefficient (Wildman–Crippen LogP) is 3.16. The molecule has 5 nitrogen and oxygen atoms in total. The molecule has 0 aliphatic carbocycles. The highest BCUT2D eigenvalue weighted by Crippen LogP contribution is 2.30. The van der Waals surface area contributed by atoms with Gasteiger partial charge in [-0.1, -0.05) is 41.0 Å². The molecule has 0 spiro atoms. The molecule has 5 heteroatoms. The second-order valence-corrected chi connectivity index (χ2v) is 6.67. The van der Waals surface area contributed by atoms with Crippen LogP contribution in [0.5, 0.6) is 0 Å². The van der Waals surface area contributed by atoms with Crippen LogP contribution in [0, 0.1) is 11.8 Å². The van der Waals surface area contributed by atoms with Gasteiger partial charge in [-0.2, -0.15) is 0 Å². The van der Waals surface area contributed by atoms with E-state index in [2.05, 4.69) is 17.2 Å². The van der Waals surface area contributed by atoms with Gasteiger partial charge in [0, 0.05) is 11.1 Å². The number of nitrogens with zero attached hydrogens (tertiary/aromatic N) is 1. The van der Waals surface area contributed by atoms with Gasteiger partial charge in [0.2, 0.25) is 0 Å². The van der Waals surface area contributed by atoms with Crippen LogP contribution < -0.4 is 5.32 Å². The number of unbranched alkanes of at least 4 members (excludes halogenated alkanes) is 1. The van der Waals surface area contributed by atoms with E-state index in [0.717, 1.165) is 12.8 Å². The lowest BCUT2D eigenvalue weighted by Gasteiger charge is -2.21.